The van der Waals surface area contributed by atoms with Crippen molar-refractivity contribution in [3.05, 3.63) is 93.5 Å². The molecule has 132 valence electrons. The largest absolute Gasteiger partial charge is 0.489 e. The van der Waals surface area contributed by atoms with Crippen molar-refractivity contribution in [2.24, 2.45) is 5.10 Å². The molecular weight excluding hydrogens is 367 g/mol. The molecule has 0 amide bonds. The van der Waals surface area contributed by atoms with Gasteiger partial charge in [-0.3, -0.25) is 5.43 Å². The Morgan fingerprint density at radius 3 is 2.65 bits per heavy atom. The van der Waals surface area contributed by atoms with Gasteiger partial charge in [0.15, 0.2) is 0 Å². The second-order valence-electron chi connectivity index (χ2n) is 5.83. The number of hydrogen-bond donors (Lipinski definition) is 1. The van der Waals surface area contributed by atoms with Crippen LogP contribution in [0.15, 0.2) is 71.8 Å². The highest BCUT2D eigenvalue weighted by atomic mass is 35.5. The summed E-state index contributed by atoms with van der Waals surface area (Å²) in [6.45, 7) is 2.42. The summed E-state index contributed by atoms with van der Waals surface area (Å²) >= 11 is 12.1. The highest BCUT2D eigenvalue weighted by Crippen LogP contribution is 2.20. The zero-order valence-electron chi connectivity index (χ0n) is 14.2. The molecule has 0 aliphatic heterocycles. The summed E-state index contributed by atoms with van der Waals surface area (Å²) in [5.74, 6) is 0.771. The first-order valence-corrected chi connectivity index (χ1v) is 8.88. The van der Waals surface area contributed by atoms with E-state index in [4.69, 9.17) is 27.9 Å². The second kappa shape index (κ2) is 8.75. The molecule has 0 spiro atoms. The maximum Gasteiger partial charge on any atom is 0.120 e. The van der Waals surface area contributed by atoms with E-state index in [2.05, 4.69) is 10.5 Å². The molecule has 0 fully saturated rings. The molecule has 5 heteroatoms. The third-order valence-electron chi connectivity index (χ3n) is 3.73. The quantitative estimate of drug-likeness (QED) is 0.398. The highest BCUT2D eigenvalue weighted by molar-refractivity contribution is 6.31. The third kappa shape index (κ3) is 5.25. The third-order valence-corrected chi connectivity index (χ3v) is 4.37. The van der Waals surface area contributed by atoms with E-state index in [-0.39, 0.29) is 0 Å². The van der Waals surface area contributed by atoms with E-state index in [1.165, 1.54) is 0 Å². The van der Waals surface area contributed by atoms with Crippen LogP contribution in [-0.4, -0.2) is 6.21 Å². The van der Waals surface area contributed by atoms with Crippen LogP contribution < -0.4 is 10.2 Å². The van der Waals surface area contributed by atoms with Gasteiger partial charge >= 0.3 is 0 Å². The number of hydrogen-bond acceptors (Lipinski definition) is 3. The number of rotatable bonds is 6. The van der Waals surface area contributed by atoms with Crippen LogP contribution in [0.5, 0.6) is 5.75 Å². The van der Waals surface area contributed by atoms with Gasteiger partial charge in [-0.25, -0.2) is 0 Å². The zero-order chi connectivity index (χ0) is 18.4. The zero-order valence-corrected chi connectivity index (χ0v) is 15.8. The Kier molecular flexibility index (Phi) is 6.16. The van der Waals surface area contributed by atoms with Gasteiger partial charge in [-0.2, -0.15) is 5.10 Å². The number of anilines is 1. The lowest BCUT2D eigenvalue weighted by Gasteiger charge is -2.07. The lowest BCUT2D eigenvalue weighted by atomic mass is 10.2. The molecule has 1 N–H and O–H groups in total. The number of halogens is 2. The van der Waals surface area contributed by atoms with E-state index in [0.717, 1.165) is 28.1 Å². The van der Waals surface area contributed by atoms with Crippen molar-refractivity contribution in [1.82, 2.24) is 0 Å². The van der Waals surface area contributed by atoms with Crippen LogP contribution in [0.1, 0.15) is 16.7 Å². The van der Waals surface area contributed by atoms with Gasteiger partial charge in [-0.15, -0.1) is 0 Å². The standard InChI is InChI=1S/C21H18Cl2N2O/c1-15-8-9-19(12-21(15)23)25-24-13-16-4-3-7-20(11-16)26-14-17-5-2-6-18(22)10-17/h2-13,25H,14H2,1H3. The molecule has 3 nitrogen and oxygen atoms in total. The van der Waals surface area contributed by atoms with Crippen molar-refractivity contribution in [2.75, 3.05) is 5.43 Å². The minimum atomic E-state index is 0.460. The summed E-state index contributed by atoms with van der Waals surface area (Å²) in [7, 11) is 0. The van der Waals surface area contributed by atoms with Gasteiger partial charge in [0, 0.05) is 10.0 Å². The molecule has 0 aliphatic carbocycles. The van der Waals surface area contributed by atoms with E-state index in [0.29, 0.717) is 16.7 Å². The van der Waals surface area contributed by atoms with Crippen LogP contribution in [-0.2, 0) is 6.61 Å². The first kappa shape index (κ1) is 18.3. The van der Waals surface area contributed by atoms with Crippen LogP contribution in [0.2, 0.25) is 10.0 Å². The first-order valence-electron chi connectivity index (χ1n) is 8.13. The fraction of sp³-hybridized carbons (Fsp3) is 0.0952. The molecule has 26 heavy (non-hydrogen) atoms. The molecule has 0 atom stereocenters. The number of nitrogens with one attached hydrogen (secondary N) is 1. The van der Waals surface area contributed by atoms with Crippen molar-refractivity contribution in [2.45, 2.75) is 13.5 Å². The summed E-state index contributed by atoms with van der Waals surface area (Å²) in [4.78, 5) is 0. The molecule has 0 aromatic heterocycles. The Balaban J connectivity index is 1.60. The lowest BCUT2D eigenvalue weighted by Crippen LogP contribution is -1.96. The van der Waals surface area contributed by atoms with Crippen LogP contribution in [0, 0.1) is 6.92 Å². The van der Waals surface area contributed by atoms with Crippen LogP contribution >= 0.6 is 23.2 Å². The predicted octanol–water partition coefficient (Wildman–Crippen LogP) is 6.33. The van der Waals surface area contributed by atoms with E-state index in [9.17, 15) is 0 Å². The number of hydrazone groups is 1. The summed E-state index contributed by atoms with van der Waals surface area (Å²) in [6.07, 6.45) is 1.74. The molecule has 0 aliphatic rings. The average Bonchev–Trinajstić information content (AvgIpc) is 2.63. The molecular formula is C21H18Cl2N2O. The Hall–Kier alpha value is -2.49. The van der Waals surface area contributed by atoms with Crippen molar-refractivity contribution in [3.8, 4) is 5.75 Å². The van der Waals surface area contributed by atoms with E-state index in [1.54, 1.807) is 6.21 Å². The number of benzene rings is 3. The molecule has 0 unspecified atom stereocenters. The minimum Gasteiger partial charge on any atom is -0.489 e. The van der Waals surface area contributed by atoms with Gasteiger partial charge in [-0.1, -0.05) is 53.5 Å². The van der Waals surface area contributed by atoms with Crippen molar-refractivity contribution in [3.63, 3.8) is 0 Å². The first-order chi connectivity index (χ1) is 12.6. The Morgan fingerprint density at radius 2 is 1.85 bits per heavy atom. The smallest absolute Gasteiger partial charge is 0.120 e. The van der Waals surface area contributed by atoms with E-state index < -0.39 is 0 Å². The molecule has 3 aromatic carbocycles. The average molecular weight is 385 g/mol. The summed E-state index contributed by atoms with van der Waals surface area (Å²) < 4.78 is 5.82. The Labute approximate surface area is 163 Å². The lowest BCUT2D eigenvalue weighted by molar-refractivity contribution is 0.306. The minimum absolute atomic E-state index is 0.460. The van der Waals surface area contributed by atoms with Gasteiger partial charge in [0.25, 0.3) is 0 Å². The van der Waals surface area contributed by atoms with Crippen molar-refractivity contribution >= 4 is 35.1 Å². The van der Waals surface area contributed by atoms with E-state index in [1.807, 2.05) is 73.7 Å². The molecule has 0 bridgehead atoms. The number of ether oxygens (including phenoxy) is 1. The number of aryl methyl sites for hydroxylation is 1. The van der Waals surface area contributed by atoms with Crippen LogP contribution in [0.25, 0.3) is 0 Å². The summed E-state index contributed by atoms with van der Waals surface area (Å²) in [5.41, 5.74) is 6.80. The van der Waals surface area contributed by atoms with Gasteiger partial charge in [0.05, 0.1) is 11.9 Å². The Bertz CT molecular complexity index is 925. The maximum absolute atomic E-state index is 6.11. The molecule has 0 heterocycles. The fourth-order valence-corrected chi connectivity index (χ4v) is 2.72. The molecule has 3 rings (SSSR count). The SMILES string of the molecule is Cc1ccc(NN=Cc2cccc(OCc3cccc(Cl)c3)c2)cc1Cl. The molecule has 0 saturated carbocycles. The van der Waals surface area contributed by atoms with Gasteiger partial charge in [0.1, 0.15) is 12.4 Å². The second-order valence-corrected chi connectivity index (χ2v) is 6.67. The van der Waals surface area contributed by atoms with Crippen LogP contribution in [0.3, 0.4) is 0 Å². The summed E-state index contributed by atoms with van der Waals surface area (Å²) in [6, 6.07) is 21.1. The van der Waals surface area contributed by atoms with Crippen LogP contribution in [0.4, 0.5) is 5.69 Å². The van der Waals surface area contributed by atoms with Gasteiger partial charge < -0.3 is 4.74 Å². The van der Waals surface area contributed by atoms with E-state index >= 15 is 0 Å². The predicted molar refractivity (Wildman–Crippen MR) is 110 cm³/mol. The van der Waals surface area contributed by atoms with Gasteiger partial charge in [-0.05, 0) is 60.0 Å². The van der Waals surface area contributed by atoms with Crippen molar-refractivity contribution in [1.29, 1.82) is 0 Å². The topological polar surface area (TPSA) is 33.6 Å². The normalized spacial score (nSPS) is 10.9. The molecule has 0 radical (unpaired) electrons. The molecule has 0 saturated heterocycles. The fourth-order valence-electron chi connectivity index (χ4n) is 2.32. The maximum atomic E-state index is 6.11. The number of nitrogens with zero attached hydrogens (tertiary/aromatic N) is 1. The van der Waals surface area contributed by atoms with Crippen molar-refractivity contribution < 1.29 is 4.74 Å². The highest BCUT2D eigenvalue weighted by Gasteiger charge is 1.99. The van der Waals surface area contributed by atoms with Gasteiger partial charge in [0.2, 0.25) is 0 Å². The Morgan fingerprint density at radius 1 is 1.00 bits per heavy atom. The summed E-state index contributed by atoms with van der Waals surface area (Å²) in [5, 5.41) is 5.66. The monoisotopic (exact) mass is 384 g/mol. The molecule has 3 aromatic rings.